The smallest absolute Gasteiger partial charge is 0.000672 e. The van der Waals surface area contributed by atoms with Gasteiger partial charge in [0.1, 0.15) is 0 Å². The van der Waals surface area contributed by atoms with Gasteiger partial charge in [-0.2, -0.15) is 0 Å². The summed E-state index contributed by atoms with van der Waals surface area (Å²) in [5.41, 5.74) is 5.65. The van der Waals surface area contributed by atoms with Gasteiger partial charge >= 0.3 is 0 Å². The predicted octanol–water partition coefficient (Wildman–Crippen LogP) is 4.33. The van der Waals surface area contributed by atoms with Gasteiger partial charge in [-0.1, -0.05) is 64.2 Å². The molecule has 0 bridgehead atoms. The minimum Gasteiger partial charge on any atom is -0.330 e. The quantitative estimate of drug-likeness (QED) is 0.825. The zero-order chi connectivity index (χ0) is 13.6. The lowest BCUT2D eigenvalue weighted by molar-refractivity contribution is 0.259. The van der Waals surface area contributed by atoms with Gasteiger partial charge in [-0.25, -0.2) is 0 Å². The minimum absolute atomic E-state index is 0.844. The van der Waals surface area contributed by atoms with E-state index >= 15 is 0 Å². The summed E-state index contributed by atoms with van der Waals surface area (Å²) in [5, 5.41) is 0. The lowest BCUT2D eigenvalue weighted by Crippen LogP contribution is -2.28. The number of hydrogen-bond donors (Lipinski definition) is 1. The van der Waals surface area contributed by atoms with Gasteiger partial charge in [-0.15, -0.1) is 0 Å². The first-order valence-electron chi connectivity index (χ1n) is 8.86. The van der Waals surface area contributed by atoms with Crippen LogP contribution in [0, 0.1) is 0 Å². The van der Waals surface area contributed by atoms with E-state index in [2.05, 4.69) is 4.90 Å². The normalized spacial score (nSPS) is 22.6. The summed E-state index contributed by atoms with van der Waals surface area (Å²) in [6.45, 7) is 4.67. The van der Waals surface area contributed by atoms with E-state index < -0.39 is 0 Å². The lowest BCUT2D eigenvalue weighted by Gasteiger charge is -2.22. The second-order valence-corrected chi connectivity index (χ2v) is 6.23. The standard InChI is InChI=1S/C17H36N2/c18-14-13-17-19-15-11-9-7-5-3-1-2-4-6-8-10-12-16-19/h1-18H2. The number of hydrogen-bond acceptors (Lipinski definition) is 2. The van der Waals surface area contributed by atoms with Crippen LogP contribution in [0.3, 0.4) is 0 Å². The molecule has 0 atom stereocenters. The summed E-state index contributed by atoms with van der Waals surface area (Å²) in [4.78, 5) is 2.66. The maximum atomic E-state index is 5.65. The summed E-state index contributed by atoms with van der Waals surface area (Å²) in [7, 11) is 0. The van der Waals surface area contributed by atoms with Gasteiger partial charge in [0.2, 0.25) is 0 Å². The molecular weight excluding hydrogens is 232 g/mol. The van der Waals surface area contributed by atoms with Crippen molar-refractivity contribution in [3.63, 3.8) is 0 Å². The Hall–Kier alpha value is -0.0800. The van der Waals surface area contributed by atoms with Crippen LogP contribution in [0.25, 0.3) is 0 Å². The average molecular weight is 268 g/mol. The van der Waals surface area contributed by atoms with Crippen molar-refractivity contribution in [3.05, 3.63) is 0 Å². The molecule has 0 aliphatic carbocycles. The maximum Gasteiger partial charge on any atom is -0.000672 e. The van der Waals surface area contributed by atoms with Gasteiger partial charge in [-0.05, 0) is 45.4 Å². The zero-order valence-corrected chi connectivity index (χ0v) is 13.0. The topological polar surface area (TPSA) is 29.3 Å². The van der Waals surface area contributed by atoms with E-state index in [4.69, 9.17) is 5.73 Å². The van der Waals surface area contributed by atoms with Crippen LogP contribution in [0.15, 0.2) is 0 Å². The van der Waals surface area contributed by atoms with Crippen LogP contribution in [0.5, 0.6) is 0 Å². The largest absolute Gasteiger partial charge is 0.330 e. The van der Waals surface area contributed by atoms with Crippen molar-refractivity contribution < 1.29 is 0 Å². The summed E-state index contributed by atoms with van der Waals surface area (Å²) in [6, 6.07) is 0. The van der Waals surface area contributed by atoms with E-state index in [-0.39, 0.29) is 0 Å². The van der Waals surface area contributed by atoms with Gasteiger partial charge in [0.15, 0.2) is 0 Å². The van der Waals surface area contributed by atoms with E-state index in [0.717, 1.165) is 6.54 Å². The molecule has 1 heterocycles. The van der Waals surface area contributed by atoms with Crippen molar-refractivity contribution in [3.8, 4) is 0 Å². The Morgan fingerprint density at radius 3 is 1.32 bits per heavy atom. The molecule has 1 saturated heterocycles. The van der Waals surface area contributed by atoms with Crippen LogP contribution in [-0.2, 0) is 0 Å². The van der Waals surface area contributed by atoms with E-state index in [1.807, 2.05) is 0 Å². The third-order valence-electron chi connectivity index (χ3n) is 4.38. The second-order valence-electron chi connectivity index (χ2n) is 6.23. The Labute approximate surface area is 121 Å². The van der Waals surface area contributed by atoms with Gasteiger partial charge in [-0.3, -0.25) is 0 Å². The third kappa shape index (κ3) is 10.4. The van der Waals surface area contributed by atoms with Gasteiger partial charge in [0.05, 0.1) is 0 Å². The molecule has 0 aromatic rings. The van der Waals surface area contributed by atoms with E-state index in [1.54, 1.807) is 0 Å². The first-order valence-corrected chi connectivity index (χ1v) is 8.86. The highest BCUT2D eigenvalue weighted by Crippen LogP contribution is 2.13. The molecule has 0 aromatic heterocycles. The first-order chi connectivity index (χ1) is 9.43. The molecule has 1 aliphatic heterocycles. The Balaban J connectivity index is 2.21. The fourth-order valence-electron chi connectivity index (χ4n) is 3.09. The molecule has 2 nitrogen and oxygen atoms in total. The van der Waals surface area contributed by atoms with Gasteiger partial charge < -0.3 is 10.6 Å². The van der Waals surface area contributed by atoms with Crippen LogP contribution >= 0.6 is 0 Å². The number of nitrogens with zero attached hydrogens (tertiary/aromatic N) is 1. The Bertz CT molecular complexity index is 166. The highest BCUT2D eigenvalue weighted by Gasteiger charge is 2.04. The summed E-state index contributed by atoms with van der Waals surface area (Å²) in [5.74, 6) is 0. The SMILES string of the molecule is NCCCN1CCCCCCCCCCCCCC1. The van der Waals surface area contributed by atoms with Crippen molar-refractivity contribution >= 4 is 0 Å². The molecule has 114 valence electrons. The summed E-state index contributed by atoms with van der Waals surface area (Å²) >= 11 is 0. The lowest BCUT2D eigenvalue weighted by atomic mass is 10.1. The highest BCUT2D eigenvalue weighted by molar-refractivity contribution is 4.60. The molecule has 19 heavy (non-hydrogen) atoms. The van der Waals surface area contributed by atoms with Crippen molar-refractivity contribution in [1.82, 2.24) is 4.90 Å². The third-order valence-corrected chi connectivity index (χ3v) is 4.38. The molecule has 1 fully saturated rings. The van der Waals surface area contributed by atoms with Crippen LogP contribution in [0.2, 0.25) is 0 Å². The van der Waals surface area contributed by atoms with E-state index in [9.17, 15) is 0 Å². The highest BCUT2D eigenvalue weighted by atomic mass is 15.1. The van der Waals surface area contributed by atoms with Crippen molar-refractivity contribution in [1.29, 1.82) is 0 Å². The minimum atomic E-state index is 0.844. The monoisotopic (exact) mass is 268 g/mol. The van der Waals surface area contributed by atoms with Crippen molar-refractivity contribution in [2.45, 2.75) is 83.5 Å². The molecule has 0 aromatic carbocycles. The Morgan fingerprint density at radius 1 is 0.579 bits per heavy atom. The Morgan fingerprint density at radius 2 is 0.947 bits per heavy atom. The van der Waals surface area contributed by atoms with E-state index in [1.165, 1.54) is 103 Å². The molecule has 1 rings (SSSR count). The van der Waals surface area contributed by atoms with Crippen LogP contribution in [0.1, 0.15) is 83.5 Å². The second kappa shape index (κ2) is 12.9. The fourth-order valence-corrected chi connectivity index (χ4v) is 3.09. The predicted molar refractivity (Wildman–Crippen MR) is 85.5 cm³/mol. The average Bonchev–Trinajstić information content (AvgIpc) is 2.44. The van der Waals surface area contributed by atoms with Crippen molar-refractivity contribution in [2.75, 3.05) is 26.2 Å². The molecule has 2 heteroatoms. The molecule has 0 radical (unpaired) electrons. The molecular formula is C17H36N2. The van der Waals surface area contributed by atoms with E-state index in [0.29, 0.717) is 0 Å². The molecule has 0 amide bonds. The first kappa shape index (κ1) is 17.0. The van der Waals surface area contributed by atoms with Crippen LogP contribution < -0.4 is 5.73 Å². The fraction of sp³-hybridized carbons (Fsp3) is 1.00. The maximum absolute atomic E-state index is 5.65. The summed E-state index contributed by atoms with van der Waals surface area (Å²) < 4.78 is 0. The van der Waals surface area contributed by atoms with Crippen LogP contribution in [0.4, 0.5) is 0 Å². The van der Waals surface area contributed by atoms with Gasteiger partial charge in [0.25, 0.3) is 0 Å². The van der Waals surface area contributed by atoms with Crippen LogP contribution in [-0.4, -0.2) is 31.1 Å². The number of rotatable bonds is 3. The molecule has 0 unspecified atom stereocenters. The zero-order valence-electron chi connectivity index (χ0n) is 13.0. The molecule has 0 spiro atoms. The molecule has 0 saturated carbocycles. The Kier molecular flexibility index (Phi) is 11.5. The van der Waals surface area contributed by atoms with Gasteiger partial charge in [0, 0.05) is 0 Å². The molecule has 2 N–H and O–H groups in total. The molecule has 1 aliphatic rings. The summed E-state index contributed by atoms with van der Waals surface area (Å²) in [6.07, 6.45) is 18.5. The number of nitrogens with two attached hydrogens (primary N) is 1. The van der Waals surface area contributed by atoms with Crippen molar-refractivity contribution in [2.24, 2.45) is 5.73 Å².